The van der Waals surface area contributed by atoms with Crippen LogP contribution in [-0.2, 0) is 6.54 Å². The van der Waals surface area contributed by atoms with Gasteiger partial charge in [0.1, 0.15) is 0 Å². The molecular formula is C14H22N2. The minimum Gasteiger partial charge on any atom is -0.327 e. The number of hydrogen-bond acceptors (Lipinski definition) is 2. The van der Waals surface area contributed by atoms with Crippen molar-refractivity contribution < 1.29 is 0 Å². The summed E-state index contributed by atoms with van der Waals surface area (Å²) in [5.74, 6) is 0.537. The lowest BCUT2D eigenvalue weighted by Crippen LogP contribution is -2.10. The molecule has 1 aliphatic carbocycles. The molecule has 0 bridgehead atoms. The maximum atomic E-state index is 6.12. The molecule has 0 saturated heterocycles. The van der Waals surface area contributed by atoms with Crippen LogP contribution in [0.3, 0.4) is 0 Å². The van der Waals surface area contributed by atoms with Crippen LogP contribution < -0.4 is 5.73 Å². The van der Waals surface area contributed by atoms with Crippen molar-refractivity contribution in [3.8, 4) is 0 Å². The lowest BCUT2D eigenvalue weighted by molar-refractivity contribution is 0.402. The molecule has 0 amide bonds. The molecule has 2 atom stereocenters. The molecule has 1 saturated carbocycles. The molecule has 2 rings (SSSR count). The SMILES string of the molecule is CN(C)Cc1cccc([C@@H]2[C@@H](N)C2(C)C)c1. The van der Waals surface area contributed by atoms with E-state index in [0.717, 1.165) is 6.54 Å². The smallest absolute Gasteiger partial charge is 0.0227 e. The highest BCUT2D eigenvalue weighted by Gasteiger charge is 2.55. The van der Waals surface area contributed by atoms with Crippen molar-refractivity contribution in [1.82, 2.24) is 4.90 Å². The molecular weight excluding hydrogens is 196 g/mol. The second kappa shape index (κ2) is 3.86. The van der Waals surface area contributed by atoms with Crippen LogP contribution in [0, 0.1) is 5.41 Å². The Balaban J connectivity index is 2.18. The van der Waals surface area contributed by atoms with Gasteiger partial charge in [-0.25, -0.2) is 0 Å². The Bertz CT molecular complexity index is 382. The van der Waals surface area contributed by atoms with Gasteiger partial charge in [-0.1, -0.05) is 38.1 Å². The normalized spacial score (nSPS) is 27.1. The first kappa shape index (κ1) is 11.6. The van der Waals surface area contributed by atoms with E-state index >= 15 is 0 Å². The van der Waals surface area contributed by atoms with E-state index in [2.05, 4.69) is 57.1 Å². The van der Waals surface area contributed by atoms with E-state index in [0.29, 0.717) is 12.0 Å². The van der Waals surface area contributed by atoms with Gasteiger partial charge in [0.2, 0.25) is 0 Å². The highest BCUT2D eigenvalue weighted by Crippen LogP contribution is 2.57. The first-order chi connectivity index (χ1) is 7.43. The molecule has 0 aliphatic heterocycles. The molecule has 16 heavy (non-hydrogen) atoms. The Morgan fingerprint density at radius 1 is 1.31 bits per heavy atom. The van der Waals surface area contributed by atoms with Gasteiger partial charge < -0.3 is 10.6 Å². The molecule has 0 radical (unpaired) electrons. The Kier molecular flexibility index (Phi) is 2.81. The summed E-state index contributed by atoms with van der Waals surface area (Å²) in [4.78, 5) is 2.19. The van der Waals surface area contributed by atoms with Crippen LogP contribution in [0.2, 0.25) is 0 Å². The molecule has 2 N–H and O–H groups in total. The van der Waals surface area contributed by atoms with Gasteiger partial charge in [0.05, 0.1) is 0 Å². The molecule has 2 nitrogen and oxygen atoms in total. The van der Waals surface area contributed by atoms with Gasteiger partial charge in [0.25, 0.3) is 0 Å². The van der Waals surface area contributed by atoms with Crippen molar-refractivity contribution in [1.29, 1.82) is 0 Å². The highest BCUT2D eigenvalue weighted by molar-refractivity contribution is 5.36. The Hall–Kier alpha value is -0.860. The minimum atomic E-state index is 0.275. The molecule has 0 spiro atoms. The molecule has 2 heteroatoms. The molecule has 0 heterocycles. The first-order valence-electron chi connectivity index (χ1n) is 5.92. The zero-order valence-corrected chi connectivity index (χ0v) is 10.7. The van der Waals surface area contributed by atoms with E-state index in [9.17, 15) is 0 Å². The predicted octanol–water partition coefficient (Wildman–Crippen LogP) is 2.20. The zero-order valence-electron chi connectivity index (χ0n) is 10.7. The number of hydrogen-bond donors (Lipinski definition) is 1. The van der Waals surface area contributed by atoms with Crippen LogP contribution in [0.1, 0.15) is 30.9 Å². The van der Waals surface area contributed by atoms with Gasteiger partial charge in [-0.05, 0) is 30.6 Å². The number of nitrogens with two attached hydrogens (primary N) is 1. The molecule has 88 valence electrons. The molecule has 0 unspecified atom stereocenters. The summed E-state index contributed by atoms with van der Waals surface area (Å²) in [7, 11) is 4.19. The van der Waals surface area contributed by atoms with Crippen molar-refractivity contribution in [2.45, 2.75) is 32.4 Å². The second-order valence-corrected chi connectivity index (χ2v) is 5.81. The largest absolute Gasteiger partial charge is 0.327 e. The van der Waals surface area contributed by atoms with Crippen LogP contribution in [0.5, 0.6) is 0 Å². The van der Waals surface area contributed by atoms with Crippen molar-refractivity contribution in [2.75, 3.05) is 14.1 Å². The van der Waals surface area contributed by atoms with Crippen molar-refractivity contribution >= 4 is 0 Å². The third-order valence-corrected chi connectivity index (χ3v) is 3.72. The maximum absolute atomic E-state index is 6.12. The van der Waals surface area contributed by atoms with Crippen LogP contribution in [-0.4, -0.2) is 25.0 Å². The third-order valence-electron chi connectivity index (χ3n) is 3.72. The first-order valence-corrected chi connectivity index (χ1v) is 5.92. The van der Waals surface area contributed by atoms with E-state index in [1.54, 1.807) is 0 Å². The number of benzene rings is 1. The standard InChI is InChI=1S/C14H22N2/c1-14(2)12(13(14)15)11-7-5-6-10(8-11)9-16(3)4/h5-8,12-13H,9,15H2,1-4H3/t12-,13-/m1/s1. The lowest BCUT2D eigenvalue weighted by Gasteiger charge is -2.11. The van der Waals surface area contributed by atoms with Crippen molar-refractivity contribution in [3.05, 3.63) is 35.4 Å². The third kappa shape index (κ3) is 2.00. The Labute approximate surface area is 98.4 Å². The fourth-order valence-electron chi connectivity index (χ4n) is 2.56. The minimum absolute atomic E-state index is 0.275. The summed E-state index contributed by atoms with van der Waals surface area (Å²) in [5, 5.41) is 0. The van der Waals surface area contributed by atoms with E-state index in [4.69, 9.17) is 5.73 Å². The molecule has 1 aromatic carbocycles. The maximum Gasteiger partial charge on any atom is 0.0227 e. The Morgan fingerprint density at radius 2 is 1.94 bits per heavy atom. The summed E-state index contributed by atoms with van der Waals surface area (Å²) >= 11 is 0. The summed E-state index contributed by atoms with van der Waals surface area (Å²) in [5.41, 5.74) is 9.16. The Morgan fingerprint density at radius 3 is 2.44 bits per heavy atom. The summed E-state index contributed by atoms with van der Waals surface area (Å²) < 4.78 is 0. The van der Waals surface area contributed by atoms with Gasteiger partial charge in [-0.3, -0.25) is 0 Å². The van der Waals surface area contributed by atoms with Gasteiger partial charge in [0, 0.05) is 18.5 Å². The van der Waals surface area contributed by atoms with Gasteiger partial charge in [-0.15, -0.1) is 0 Å². The molecule has 1 fully saturated rings. The van der Waals surface area contributed by atoms with Crippen molar-refractivity contribution in [2.24, 2.45) is 11.1 Å². The van der Waals surface area contributed by atoms with Gasteiger partial charge in [-0.2, -0.15) is 0 Å². The number of rotatable bonds is 3. The van der Waals surface area contributed by atoms with E-state index in [1.165, 1.54) is 11.1 Å². The molecule has 1 aromatic rings. The van der Waals surface area contributed by atoms with Crippen LogP contribution in [0.25, 0.3) is 0 Å². The summed E-state index contributed by atoms with van der Waals surface area (Å²) in [6.07, 6.45) is 0. The van der Waals surface area contributed by atoms with E-state index in [1.807, 2.05) is 0 Å². The molecule has 0 aromatic heterocycles. The zero-order chi connectivity index (χ0) is 11.9. The summed E-state index contributed by atoms with van der Waals surface area (Å²) in [6.45, 7) is 5.50. The lowest BCUT2D eigenvalue weighted by atomic mass is 10.0. The summed E-state index contributed by atoms with van der Waals surface area (Å²) in [6, 6.07) is 9.17. The average Bonchev–Trinajstić information content (AvgIpc) is 2.65. The van der Waals surface area contributed by atoms with Crippen LogP contribution in [0.4, 0.5) is 0 Å². The van der Waals surface area contributed by atoms with E-state index < -0.39 is 0 Å². The van der Waals surface area contributed by atoms with Gasteiger partial charge >= 0.3 is 0 Å². The fourth-order valence-corrected chi connectivity index (χ4v) is 2.56. The molecule has 1 aliphatic rings. The van der Waals surface area contributed by atoms with Crippen molar-refractivity contribution in [3.63, 3.8) is 0 Å². The second-order valence-electron chi connectivity index (χ2n) is 5.81. The highest BCUT2D eigenvalue weighted by atomic mass is 15.0. The topological polar surface area (TPSA) is 29.3 Å². The monoisotopic (exact) mass is 218 g/mol. The van der Waals surface area contributed by atoms with Crippen LogP contribution in [0.15, 0.2) is 24.3 Å². The average molecular weight is 218 g/mol. The quantitative estimate of drug-likeness (QED) is 0.842. The van der Waals surface area contributed by atoms with Crippen LogP contribution >= 0.6 is 0 Å². The van der Waals surface area contributed by atoms with Gasteiger partial charge in [0.15, 0.2) is 0 Å². The predicted molar refractivity (Wildman–Crippen MR) is 68.3 cm³/mol. The fraction of sp³-hybridized carbons (Fsp3) is 0.571. The number of nitrogens with zero attached hydrogens (tertiary/aromatic N) is 1. The van der Waals surface area contributed by atoms with E-state index in [-0.39, 0.29) is 5.41 Å².